The molecular formula is C40H47F3N6O4S. The van der Waals surface area contributed by atoms with Gasteiger partial charge < -0.3 is 20.4 Å². The lowest BCUT2D eigenvalue weighted by atomic mass is 9.75. The van der Waals surface area contributed by atoms with Crippen molar-refractivity contribution < 1.29 is 31.1 Å². The summed E-state index contributed by atoms with van der Waals surface area (Å²) in [4.78, 5) is 20.0. The number of hydrogen-bond donors (Lipinski definition) is 3. The van der Waals surface area contributed by atoms with Crippen LogP contribution in [-0.2, 0) is 33.5 Å². The Hall–Kier alpha value is -4.69. The number of aromatic amines is 1. The lowest BCUT2D eigenvalue weighted by Gasteiger charge is -2.31. The fourth-order valence-electron chi connectivity index (χ4n) is 7.71. The zero-order chi connectivity index (χ0) is 39.2. The highest BCUT2D eigenvalue weighted by Gasteiger charge is 2.37. The van der Waals surface area contributed by atoms with Gasteiger partial charge in [0.2, 0.25) is 11.7 Å². The van der Waals surface area contributed by atoms with Gasteiger partial charge in [0.1, 0.15) is 11.6 Å². The molecule has 3 atom stereocenters. The van der Waals surface area contributed by atoms with Crippen molar-refractivity contribution in [2.45, 2.75) is 64.8 Å². The number of halogens is 3. The molecule has 0 saturated carbocycles. The van der Waals surface area contributed by atoms with Gasteiger partial charge in [-0.25, -0.2) is 26.9 Å². The number of nitrogens with zero attached hydrogens (tertiary/aromatic N) is 3. The lowest BCUT2D eigenvalue weighted by Crippen LogP contribution is -2.33. The Kier molecular flexibility index (Phi) is 10.7. The van der Waals surface area contributed by atoms with Gasteiger partial charge in [0, 0.05) is 37.2 Å². The maximum atomic E-state index is 16.0. The van der Waals surface area contributed by atoms with Gasteiger partial charge in [-0.2, -0.15) is 9.49 Å². The van der Waals surface area contributed by atoms with Gasteiger partial charge in [0.15, 0.2) is 33.1 Å². The van der Waals surface area contributed by atoms with Crippen molar-refractivity contribution in [3.63, 3.8) is 0 Å². The average molecular weight is 765 g/mol. The van der Waals surface area contributed by atoms with Crippen LogP contribution in [0, 0.1) is 28.8 Å². The lowest BCUT2D eigenvalue weighted by molar-refractivity contribution is -0.123. The summed E-state index contributed by atoms with van der Waals surface area (Å²) >= 11 is 0. The predicted octanol–water partition coefficient (Wildman–Crippen LogP) is 7.29. The average Bonchev–Trinajstić information content (AvgIpc) is 3.76. The molecule has 0 radical (unpaired) electrons. The summed E-state index contributed by atoms with van der Waals surface area (Å²) in [6.07, 6.45) is 3.60. The van der Waals surface area contributed by atoms with Crippen LogP contribution < -0.4 is 15.4 Å². The van der Waals surface area contributed by atoms with E-state index in [-0.39, 0.29) is 51.2 Å². The largest absolute Gasteiger partial charge is 0.454 e. The van der Waals surface area contributed by atoms with Crippen LogP contribution in [0.2, 0.25) is 0 Å². The third-order valence-corrected chi connectivity index (χ3v) is 12.7. The molecule has 0 fully saturated rings. The summed E-state index contributed by atoms with van der Waals surface area (Å²) < 4.78 is 82.8. The van der Waals surface area contributed by atoms with E-state index >= 15 is 13.2 Å². The van der Waals surface area contributed by atoms with Crippen LogP contribution in [0.1, 0.15) is 75.5 Å². The number of benzene rings is 3. The van der Waals surface area contributed by atoms with E-state index in [1.165, 1.54) is 23.0 Å². The molecule has 3 heterocycles. The van der Waals surface area contributed by atoms with Crippen LogP contribution >= 0.6 is 0 Å². The molecule has 2 aromatic heterocycles. The summed E-state index contributed by atoms with van der Waals surface area (Å²) in [5.74, 6) is -3.99. The number of ether oxygens (including phenoxy) is 1. The molecule has 3 aromatic carbocycles. The molecule has 5 aromatic rings. The van der Waals surface area contributed by atoms with Gasteiger partial charge in [-0.05, 0) is 74.0 Å². The summed E-state index contributed by atoms with van der Waals surface area (Å²) in [6, 6.07) is 12.3. The van der Waals surface area contributed by atoms with Crippen molar-refractivity contribution >= 4 is 26.6 Å². The van der Waals surface area contributed by atoms with Crippen LogP contribution in [0.15, 0.2) is 54.7 Å². The highest BCUT2D eigenvalue weighted by molar-refractivity contribution is 7.91. The van der Waals surface area contributed by atoms with Crippen molar-refractivity contribution in [3.8, 4) is 22.9 Å². The molecule has 288 valence electrons. The Morgan fingerprint density at radius 2 is 1.83 bits per heavy atom. The number of aryl methyl sites for hydroxylation is 1. The summed E-state index contributed by atoms with van der Waals surface area (Å²) in [6.45, 7) is 7.68. The minimum atomic E-state index is -3.81. The maximum absolute atomic E-state index is 16.0. The Morgan fingerprint density at radius 1 is 1.07 bits per heavy atom. The number of H-pyrrole nitrogens is 1. The van der Waals surface area contributed by atoms with Gasteiger partial charge in [-0.15, -0.1) is 0 Å². The first-order valence-corrected chi connectivity index (χ1v) is 19.8. The van der Waals surface area contributed by atoms with Gasteiger partial charge in [-0.1, -0.05) is 51.5 Å². The number of sulfone groups is 1. The summed E-state index contributed by atoms with van der Waals surface area (Å²) in [5, 5.41) is 10.8. The molecule has 0 saturated heterocycles. The fourth-order valence-corrected chi connectivity index (χ4v) is 10.0. The molecule has 0 spiro atoms. The molecule has 54 heavy (non-hydrogen) atoms. The summed E-state index contributed by atoms with van der Waals surface area (Å²) in [5.41, 5.74) is 0.355. The quantitative estimate of drug-likeness (QED) is 0.171. The summed E-state index contributed by atoms with van der Waals surface area (Å²) in [7, 11) is 1.01. The smallest absolute Gasteiger partial charge is 0.222 e. The minimum absolute atomic E-state index is 0.0180. The fraction of sp³-hybridized carbons (Fsp3) is 0.425. The molecule has 4 bridgehead atoms. The van der Waals surface area contributed by atoms with E-state index in [1.54, 1.807) is 27.2 Å². The van der Waals surface area contributed by atoms with Crippen LogP contribution in [-0.4, -0.2) is 59.7 Å². The highest BCUT2D eigenvalue weighted by atomic mass is 32.2. The Morgan fingerprint density at radius 3 is 2.56 bits per heavy atom. The van der Waals surface area contributed by atoms with Crippen LogP contribution in [0.4, 0.5) is 13.2 Å². The van der Waals surface area contributed by atoms with Crippen molar-refractivity contribution in [2.24, 2.45) is 18.4 Å². The standard InChI is InChI=1S/C40H47F3N6O4S/c1-23(37(50)45-6)18-24-10-8-11-25(19-24)40(4)16-9-15-39(2,3)22-54(51,52)21-30(44-5)31-27-14-17-46-34(27)32(42)33(43)35(31)53-26-12-13-29(41)28(20-26)36-47-38(40)48-49(36)7/h8,10-14,17,19-20,23,30,44,46H,9,15-16,18,21-22H2,1-7H3,(H,45,50)/t23-,30?,40-/m1/s1. The highest BCUT2D eigenvalue weighted by Crippen LogP contribution is 2.43. The SMILES string of the molecule is CNC(=O)[C@H](C)Cc1cccc([C@@]2(C)CCCC(C)(C)CS(=O)(=O)CC(NC)c3c(c(F)c(F)c4[nH]ccc34)Oc3ccc(F)c(c3)-c3nc2nn3C)c1. The second kappa shape index (κ2) is 14.9. The van der Waals surface area contributed by atoms with Crippen molar-refractivity contribution in [1.82, 2.24) is 30.4 Å². The van der Waals surface area contributed by atoms with Gasteiger partial charge in [0.25, 0.3) is 0 Å². The second-order valence-electron chi connectivity index (χ2n) is 15.4. The Bertz CT molecular complexity index is 2320. The van der Waals surface area contributed by atoms with Crippen LogP contribution in [0.25, 0.3) is 22.3 Å². The van der Waals surface area contributed by atoms with Gasteiger partial charge >= 0.3 is 0 Å². The number of hydrogen-bond acceptors (Lipinski definition) is 7. The number of carbonyl (C=O) groups is 1. The van der Waals surface area contributed by atoms with Crippen molar-refractivity contribution in [2.75, 3.05) is 25.6 Å². The van der Waals surface area contributed by atoms with Crippen LogP contribution in [0.5, 0.6) is 11.5 Å². The first-order chi connectivity index (χ1) is 25.5. The Labute approximate surface area is 313 Å². The molecule has 1 aliphatic rings. The minimum Gasteiger partial charge on any atom is -0.454 e. The van der Waals surface area contributed by atoms with Gasteiger partial charge in [-0.3, -0.25) is 4.79 Å². The molecule has 14 heteroatoms. The second-order valence-corrected chi connectivity index (χ2v) is 17.5. The van der Waals surface area contributed by atoms with Gasteiger partial charge in [0.05, 0.1) is 34.0 Å². The normalized spacial score (nSPS) is 20.7. The monoisotopic (exact) mass is 764 g/mol. The van der Waals surface area contributed by atoms with E-state index in [4.69, 9.17) is 14.8 Å². The van der Waals surface area contributed by atoms with E-state index < -0.39 is 55.7 Å². The topological polar surface area (TPSA) is 131 Å². The molecular weight excluding hydrogens is 718 g/mol. The first kappa shape index (κ1) is 39.0. The van der Waals surface area contributed by atoms with Crippen LogP contribution in [0.3, 0.4) is 0 Å². The van der Waals surface area contributed by atoms with Crippen molar-refractivity contribution in [1.29, 1.82) is 0 Å². The number of amides is 1. The number of fused-ring (bicyclic) bond motifs is 8. The maximum Gasteiger partial charge on any atom is 0.222 e. The molecule has 3 N–H and O–H groups in total. The van der Waals surface area contributed by atoms with E-state index in [0.29, 0.717) is 31.5 Å². The molecule has 10 nitrogen and oxygen atoms in total. The number of rotatable bonds is 5. The molecule has 0 aliphatic carbocycles. The van der Waals surface area contributed by atoms with E-state index in [0.717, 1.165) is 17.2 Å². The third kappa shape index (κ3) is 7.63. The number of carbonyl (C=O) groups excluding carboxylic acids is 1. The zero-order valence-corrected chi connectivity index (χ0v) is 32.4. The van der Waals surface area contributed by atoms with Crippen molar-refractivity contribution in [3.05, 3.63) is 94.7 Å². The third-order valence-electron chi connectivity index (χ3n) is 10.6. The van der Waals surface area contributed by atoms with E-state index in [2.05, 4.69) is 15.6 Å². The van der Waals surface area contributed by atoms with E-state index in [9.17, 15) is 13.2 Å². The van der Waals surface area contributed by atoms with E-state index in [1.807, 2.05) is 52.0 Å². The molecule has 1 amide bonds. The Balaban J connectivity index is 1.53. The number of aromatic nitrogens is 4. The first-order valence-electron chi connectivity index (χ1n) is 18.0. The molecule has 1 unspecified atom stereocenters. The molecule has 6 rings (SSSR count). The predicted molar refractivity (Wildman–Crippen MR) is 203 cm³/mol. The molecule has 1 aliphatic heterocycles. The zero-order valence-electron chi connectivity index (χ0n) is 31.6. The number of nitrogens with one attached hydrogen (secondary N) is 3.